The summed E-state index contributed by atoms with van der Waals surface area (Å²) >= 11 is 0. The van der Waals surface area contributed by atoms with Crippen LogP contribution < -0.4 is 9.46 Å². The van der Waals surface area contributed by atoms with Gasteiger partial charge in [-0.2, -0.15) is 21.6 Å². The van der Waals surface area contributed by atoms with Crippen molar-refractivity contribution in [1.82, 2.24) is 4.90 Å². The first-order chi connectivity index (χ1) is 15.0. The second-order valence-electron chi connectivity index (χ2n) is 6.83. The van der Waals surface area contributed by atoms with Gasteiger partial charge in [0.05, 0.1) is 6.61 Å². The molecular weight excluding hydrogens is 453 g/mol. The Hall–Kier alpha value is -3.28. The fourth-order valence-electron chi connectivity index (χ4n) is 3.07. The number of fused-ring (bicyclic) bond motifs is 1. The van der Waals surface area contributed by atoms with Crippen molar-refractivity contribution < 1.29 is 40.7 Å². The predicted octanol–water partition coefficient (Wildman–Crippen LogP) is 3.68. The average Bonchev–Trinajstić information content (AvgIpc) is 2.71. The monoisotopic (exact) mass is 472 g/mol. The van der Waals surface area contributed by atoms with Crippen LogP contribution in [0.5, 0.6) is 5.75 Å². The van der Waals surface area contributed by atoms with Crippen molar-refractivity contribution in [1.29, 1.82) is 0 Å². The summed E-state index contributed by atoms with van der Waals surface area (Å²) in [6, 6.07) is 9.95. The van der Waals surface area contributed by atoms with E-state index in [-0.39, 0.29) is 30.5 Å². The molecule has 1 aliphatic heterocycles. The fraction of sp³-hybridized carbons (Fsp3) is 0.300. The lowest BCUT2D eigenvalue weighted by atomic mass is 9.98. The summed E-state index contributed by atoms with van der Waals surface area (Å²) in [6.07, 6.45) is -0.321. The van der Waals surface area contributed by atoms with Gasteiger partial charge in [-0.15, -0.1) is 0 Å². The maximum atomic E-state index is 12.9. The van der Waals surface area contributed by atoms with Gasteiger partial charge in [0.2, 0.25) is 0 Å². The molecule has 1 aliphatic rings. The van der Waals surface area contributed by atoms with Crippen LogP contribution in [-0.4, -0.2) is 44.0 Å². The Labute approximate surface area is 182 Å². The van der Waals surface area contributed by atoms with E-state index in [1.54, 1.807) is 19.1 Å². The van der Waals surface area contributed by atoms with Crippen LogP contribution in [0.15, 0.2) is 42.5 Å². The minimum absolute atomic E-state index is 0.146. The van der Waals surface area contributed by atoms with Crippen LogP contribution in [0.1, 0.15) is 28.4 Å². The van der Waals surface area contributed by atoms with E-state index in [1.807, 2.05) is 0 Å². The first-order valence-electron chi connectivity index (χ1n) is 9.45. The van der Waals surface area contributed by atoms with E-state index < -0.39 is 21.7 Å². The molecule has 12 heteroatoms. The molecule has 3 rings (SSSR count). The lowest BCUT2D eigenvalue weighted by Gasteiger charge is -2.29. The molecule has 8 nitrogen and oxygen atoms in total. The minimum atomic E-state index is -5.51. The molecule has 1 amide bonds. The van der Waals surface area contributed by atoms with Crippen LogP contribution in [0, 0.1) is 0 Å². The normalized spacial score (nSPS) is 14.0. The fourth-order valence-corrected chi connectivity index (χ4v) is 3.63. The SMILES string of the molecule is CCOC(=O)Oc1ccc2c(c1)C(=O)N(Cc1ccc(NS(=O)(=O)C(F)(F)F)cc1)CC2. The highest BCUT2D eigenvalue weighted by Crippen LogP contribution is 2.27. The number of hydrogen-bond acceptors (Lipinski definition) is 6. The number of alkyl halides is 3. The smallest absolute Gasteiger partial charge is 0.434 e. The van der Waals surface area contributed by atoms with Crippen LogP contribution in [0.4, 0.5) is 23.7 Å². The molecule has 0 atom stereocenters. The zero-order valence-corrected chi connectivity index (χ0v) is 17.6. The Morgan fingerprint density at radius 2 is 1.84 bits per heavy atom. The summed E-state index contributed by atoms with van der Waals surface area (Å²) in [6.45, 7) is 2.35. The molecule has 0 bridgehead atoms. The topological polar surface area (TPSA) is 102 Å². The highest BCUT2D eigenvalue weighted by molar-refractivity contribution is 7.93. The molecule has 0 saturated carbocycles. The van der Waals surface area contributed by atoms with Crippen molar-refractivity contribution in [3.63, 3.8) is 0 Å². The van der Waals surface area contributed by atoms with Gasteiger partial charge in [0.25, 0.3) is 5.91 Å². The third-order valence-electron chi connectivity index (χ3n) is 4.60. The van der Waals surface area contributed by atoms with Crippen LogP contribution >= 0.6 is 0 Å². The maximum Gasteiger partial charge on any atom is 0.516 e. The second-order valence-corrected chi connectivity index (χ2v) is 8.50. The van der Waals surface area contributed by atoms with Crippen molar-refractivity contribution in [3.8, 4) is 5.75 Å². The number of anilines is 1. The molecular formula is C20H19F3N2O6S. The van der Waals surface area contributed by atoms with E-state index >= 15 is 0 Å². The van der Waals surface area contributed by atoms with Crippen LogP contribution in [-0.2, 0) is 27.7 Å². The Morgan fingerprint density at radius 3 is 2.47 bits per heavy atom. The van der Waals surface area contributed by atoms with Crippen molar-refractivity contribution in [2.24, 2.45) is 0 Å². The summed E-state index contributed by atoms with van der Waals surface area (Å²) in [5.74, 6) is -0.138. The van der Waals surface area contributed by atoms with Crippen LogP contribution in [0.2, 0.25) is 0 Å². The molecule has 172 valence electrons. The number of halogens is 3. The van der Waals surface area contributed by atoms with Crippen molar-refractivity contribution in [3.05, 3.63) is 59.2 Å². The number of ether oxygens (including phenoxy) is 2. The summed E-state index contributed by atoms with van der Waals surface area (Å²) in [5, 5.41) is 0. The molecule has 1 heterocycles. The molecule has 1 N–H and O–H groups in total. The van der Waals surface area contributed by atoms with Gasteiger partial charge in [0.1, 0.15) is 5.75 Å². The number of carbonyl (C=O) groups excluding carboxylic acids is 2. The Bertz CT molecular complexity index is 1120. The molecule has 0 spiro atoms. The summed E-state index contributed by atoms with van der Waals surface area (Å²) in [7, 11) is -5.51. The molecule has 32 heavy (non-hydrogen) atoms. The second kappa shape index (κ2) is 9.07. The van der Waals surface area contributed by atoms with E-state index in [0.29, 0.717) is 24.1 Å². The van der Waals surface area contributed by atoms with Crippen molar-refractivity contribution in [2.45, 2.75) is 25.4 Å². The molecule has 2 aromatic carbocycles. The van der Waals surface area contributed by atoms with Crippen molar-refractivity contribution >= 4 is 27.8 Å². The highest BCUT2D eigenvalue weighted by atomic mass is 32.2. The highest BCUT2D eigenvalue weighted by Gasteiger charge is 2.46. The molecule has 0 aromatic heterocycles. The number of nitrogens with one attached hydrogen (secondary N) is 1. The third-order valence-corrected chi connectivity index (χ3v) is 5.71. The van der Waals surface area contributed by atoms with E-state index in [2.05, 4.69) is 0 Å². The number of benzene rings is 2. The molecule has 0 radical (unpaired) electrons. The van der Waals surface area contributed by atoms with Crippen LogP contribution in [0.3, 0.4) is 0 Å². The van der Waals surface area contributed by atoms with E-state index in [1.165, 1.54) is 40.0 Å². The van der Waals surface area contributed by atoms with Crippen molar-refractivity contribution in [2.75, 3.05) is 17.9 Å². The first kappa shape index (κ1) is 23.4. The zero-order valence-electron chi connectivity index (χ0n) is 16.8. The zero-order chi connectivity index (χ0) is 23.5. The van der Waals surface area contributed by atoms with Gasteiger partial charge in [-0.3, -0.25) is 9.52 Å². The molecule has 0 saturated heterocycles. The average molecular weight is 472 g/mol. The Morgan fingerprint density at radius 1 is 1.16 bits per heavy atom. The van der Waals surface area contributed by atoms with Gasteiger partial charge in [-0.1, -0.05) is 18.2 Å². The summed E-state index contributed by atoms with van der Waals surface area (Å²) < 4.78 is 71.0. The number of rotatable bonds is 6. The van der Waals surface area contributed by atoms with E-state index in [9.17, 15) is 31.2 Å². The van der Waals surface area contributed by atoms with Gasteiger partial charge in [-0.25, -0.2) is 4.79 Å². The first-order valence-corrected chi connectivity index (χ1v) is 10.9. The standard InChI is InChI=1S/C20H19F3N2O6S/c1-2-30-19(27)31-16-8-5-14-9-10-25(18(26)17(14)11-16)12-13-3-6-15(7-4-13)24-32(28,29)20(21,22)23/h3-8,11,24H,2,9-10,12H2,1H3. The van der Waals surface area contributed by atoms with Crippen LogP contribution in [0.25, 0.3) is 0 Å². The van der Waals surface area contributed by atoms with Gasteiger partial charge >= 0.3 is 21.7 Å². The number of carbonyl (C=O) groups is 2. The Balaban J connectivity index is 1.69. The maximum absolute atomic E-state index is 12.9. The minimum Gasteiger partial charge on any atom is -0.434 e. The van der Waals surface area contributed by atoms with Gasteiger partial charge in [-0.05, 0) is 48.7 Å². The molecule has 0 aliphatic carbocycles. The van der Waals surface area contributed by atoms with Gasteiger partial charge in [0, 0.05) is 24.3 Å². The molecule has 2 aromatic rings. The van der Waals surface area contributed by atoms with E-state index in [0.717, 1.165) is 5.56 Å². The molecule has 0 fully saturated rings. The summed E-state index contributed by atoms with van der Waals surface area (Å²) in [5.41, 5.74) is -3.92. The van der Waals surface area contributed by atoms with Gasteiger partial charge < -0.3 is 14.4 Å². The van der Waals surface area contributed by atoms with Gasteiger partial charge in [0.15, 0.2) is 0 Å². The number of amides is 1. The largest absolute Gasteiger partial charge is 0.516 e. The Kier molecular flexibility index (Phi) is 6.63. The predicted molar refractivity (Wildman–Crippen MR) is 108 cm³/mol. The number of sulfonamides is 1. The quantitative estimate of drug-likeness (QED) is 0.508. The lowest BCUT2D eigenvalue weighted by Crippen LogP contribution is -2.37. The lowest BCUT2D eigenvalue weighted by molar-refractivity contribution is -0.0429. The van der Waals surface area contributed by atoms with E-state index in [4.69, 9.17) is 9.47 Å². The number of hydrogen-bond donors (Lipinski definition) is 1. The summed E-state index contributed by atoms with van der Waals surface area (Å²) in [4.78, 5) is 25.9. The third kappa shape index (κ3) is 5.31. The number of nitrogens with zero attached hydrogens (tertiary/aromatic N) is 1. The molecule has 0 unspecified atom stereocenters.